The quantitative estimate of drug-likeness (QED) is 0.199. The fourth-order valence-corrected chi connectivity index (χ4v) is 6.01. The van der Waals surface area contributed by atoms with Crippen LogP contribution in [0.2, 0.25) is 5.02 Å². The number of nitrogens with one attached hydrogen (secondary N) is 1. The molecule has 0 spiro atoms. The van der Waals surface area contributed by atoms with Gasteiger partial charge in [-0.15, -0.1) is 0 Å². The van der Waals surface area contributed by atoms with Gasteiger partial charge in [0, 0.05) is 24.1 Å². The number of likely N-dealkylation sites (tertiary alicyclic amines) is 1. The lowest BCUT2D eigenvalue weighted by Gasteiger charge is -2.32. The molecule has 0 radical (unpaired) electrons. The number of nitro groups is 1. The zero-order valence-corrected chi connectivity index (χ0v) is 23.7. The largest absolute Gasteiger partial charge is 0.490 e. The van der Waals surface area contributed by atoms with Crippen molar-refractivity contribution < 1.29 is 28.4 Å². The normalized spacial score (nSPS) is 21.6. The van der Waals surface area contributed by atoms with E-state index in [9.17, 15) is 28.9 Å². The zero-order chi connectivity index (χ0) is 30.1. The minimum Gasteiger partial charge on any atom is -0.490 e. The first-order valence-electron chi connectivity index (χ1n) is 13.6. The first-order chi connectivity index (χ1) is 20.1. The Labute approximate surface area is 246 Å². The number of rotatable bonds is 9. The summed E-state index contributed by atoms with van der Waals surface area (Å²) in [6, 6.07) is 14.5. The van der Waals surface area contributed by atoms with E-state index >= 15 is 0 Å². The predicted molar refractivity (Wildman–Crippen MR) is 152 cm³/mol. The summed E-state index contributed by atoms with van der Waals surface area (Å²) < 4.78 is 18.6. The number of ketones is 1. The van der Waals surface area contributed by atoms with Crippen LogP contribution < -0.4 is 10.1 Å². The van der Waals surface area contributed by atoms with Gasteiger partial charge in [0.05, 0.1) is 29.0 Å². The molecule has 9 nitrogen and oxygen atoms in total. The molecule has 218 valence electrons. The number of methoxy groups -OCH3 is 1. The highest BCUT2D eigenvalue weighted by Crippen LogP contribution is 2.50. The molecule has 1 saturated carbocycles. The van der Waals surface area contributed by atoms with Crippen molar-refractivity contribution in [2.75, 3.05) is 7.11 Å². The number of nitro benzene ring substituents is 1. The van der Waals surface area contributed by atoms with Crippen LogP contribution in [0.25, 0.3) is 0 Å². The Hall–Kier alpha value is -4.31. The van der Waals surface area contributed by atoms with Crippen LogP contribution in [-0.4, -0.2) is 40.6 Å². The van der Waals surface area contributed by atoms with Crippen LogP contribution in [0.4, 0.5) is 10.1 Å². The molecule has 4 unspecified atom stereocenters. The summed E-state index contributed by atoms with van der Waals surface area (Å²) in [5.41, 5.74) is 0.897. The number of benzene rings is 3. The number of carbonyl (C=O) groups excluding carboxylic acids is 3. The molecule has 4 atom stereocenters. The van der Waals surface area contributed by atoms with E-state index in [0.29, 0.717) is 24.0 Å². The van der Waals surface area contributed by atoms with Crippen LogP contribution in [0.15, 0.2) is 66.7 Å². The summed E-state index contributed by atoms with van der Waals surface area (Å²) >= 11 is 6.42. The van der Waals surface area contributed by atoms with Crippen LogP contribution in [-0.2, 0) is 16.1 Å². The van der Waals surface area contributed by atoms with E-state index in [2.05, 4.69) is 5.32 Å². The van der Waals surface area contributed by atoms with Crippen LogP contribution in [0, 0.1) is 33.7 Å². The second kappa shape index (κ2) is 11.9. The summed E-state index contributed by atoms with van der Waals surface area (Å²) in [5.74, 6) is -3.47. The third-order valence-electron chi connectivity index (χ3n) is 8.02. The summed E-state index contributed by atoms with van der Waals surface area (Å²) in [6.45, 7) is 1.81. The lowest BCUT2D eigenvalue weighted by molar-refractivity contribution is -0.385. The van der Waals surface area contributed by atoms with E-state index in [-0.39, 0.29) is 46.2 Å². The van der Waals surface area contributed by atoms with Crippen molar-refractivity contribution in [3.05, 3.63) is 104 Å². The van der Waals surface area contributed by atoms with Crippen molar-refractivity contribution in [2.24, 2.45) is 17.8 Å². The molecule has 1 heterocycles. The van der Waals surface area contributed by atoms with Crippen molar-refractivity contribution in [2.45, 2.75) is 38.4 Å². The smallest absolute Gasteiger partial charge is 0.311 e. The first kappa shape index (κ1) is 29.2. The molecule has 0 bridgehead atoms. The topological polar surface area (TPSA) is 119 Å². The summed E-state index contributed by atoms with van der Waals surface area (Å²) in [6.07, 6.45) is 1.29. The Morgan fingerprint density at radius 2 is 1.79 bits per heavy atom. The lowest BCUT2D eigenvalue weighted by atomic mass is 9.80. The number of hydrogen-bond acceptors (Lipinski definition) is 6. The molecule has 2 aliphatic rings. The molecule has 42 heavy (non-hydrogen) atoms. The van der Waals surface area contributed by atoms with Crippen molar-refractivity contribution in [3.63, 3.8) is 0 Å². The Bertz CT molecular complexity index is 1540. The van der Waals surface area contributed by atoms with Gasteiger partial charge in [-0.05, 0) is 60.2 Å². The van der Waals surface area contributed by atoms with Gasteiger partial charge < -0.3 is 15.0 Å². The predicted octanol–water partition coefficient (Wildman–Crippen LogP) is 5.51. The van der Waals surface area contributed by atoms with Crippen LogP contribution >= 0.6 is 11.6 Å². The van der Waals surface area contributed by atoms with Gasteiger partial charge >= 0.3 is 5.69 Å². The first-order valence-corrected chi connectivity index (χ1v) is 14.0. The van der Waals surface area contributed by atoms with Crippen molar-refractivity contribution >= 4 is 34.9 Å². The van der Waals surface area contributed by atoms with E-state index in [1.807, 2.05) is 0 Å². The molecule has 2 fully saturated rings. The molecular weight excluding hydrogens is 565 g/mol. The molecule has 2 amide bonds. The Morgan fingerprint density at radius 1 is 1.10 bits per heavy atom. The van der Waals surface area contributed by atoms with E-state index < -0.39 is 40.6 Å². The second-order valence-corrected chi connectivity index (χ2v) is 11.1. The van der Waals surface area contributed by atoms with Crippen molar-refractivity contribution in [1.29, 1.82) is 0 Å². The Kier molecular flexibility index (Phi) is 8.27. The number of amides is 2. The summed E-state index contributed by atoms with van der Waals surface area (Å²) in [7, 11) is 1.31. The lowest BCUT2D eigenvalue weighted by Crippen LogP contribution is -2.49. The fraction of sp³-hybridized carbons (Fsp3) is 0.323. The van der Waals surface area contributed by atoms with Gasteiger partial charge in [0.25, 0.3) is 0 Å². The van der Waals surface area contributed by atoms with Crippen molar-refractivity contribution in [1.82, 2.24) is 10.2 Å². The minimum absolute atomic E-state index is 0.0254. The molecule has 1 aliphatic carbocycles. The number of hydrogen-bond donors (Lipinski definition) is 1. The minimum atomic E-state index is -1.05. The number of Topliss-reactive ketones (excluding diaryl/α,β-unsaturated/α-hetero) is 1. The van der Waals surface area contributed by atoms with Gasteiger partial charge in [0.2, 0.25) is 11.8 Å². The van der Waals surface area contributed by atoms with Crippen LogP contribution in [0.1, 0.15) is 47.3 Å². The van der Waals surface area contributed by atoms with E-state index in [1.165, 1.54) is 36.3 Å². The van der Waals surface area contributed by atoms with Crippen LogP contribution in [0.5, 0.6) is 5.75 Å². The maximum Gasteiger partial charge on any atom is 0.311 e. The monoisotopic (exact) mass is 593 g/mol. The summed E-state index contributed by atoms with van der Waals surface area (Å²) in [5, 5.41) is 15.0. The molecule has 1 saturated heterocycles. The zero-order valence-electron chi connectivity index (χ0n) is 23.0. The standard InChI is InChI=1S/C31H29ClFN3O6/c1-17-26(29(37)22-5-3-4-6-23(22)32)28(20-11-14-25(42-2)24(15-20)36(40)41)35(31(39)19-9-10-19)27(17)30(38)34-16-18-7-12-21(33)13-8-18/h3-8,11-15,17,19,26-28H,9-10,16H2,1-2H3,(H,34,38). The Balaban J connectivity index is 1.61. The van der Waals surface area contributed by atoms with Gasteiger partial charge in [-0.2, -0.15) is 0 Å². The molecule has 3 aromatic carbocycles. The average Bonchev–Trinajstić information content (AvgIpc) is 3.79. The number of nitrogens with zero attached hydrogens (tertiary/aromatic N) is 2. The molecule has 11 heteroatoms. The highest BCUT2D eigenvalue weighted by molar-refractivity contribution is 6.34. The van der Waals surface area contributed by atoms with Gasteiger partial charge in [-0.1, -0.05) is 48.9 Å². The third kappa shape index (κ3) is 5.59. The fourth-order valence-electron chi connectivity index (χ4n) is 5.78. The van der Waals surface area contributed by atoms with E-state index in [0.717, 1.165) is 0 Å². The number of ether oxygens (including phenoxy) is 1. The highest BCUT2D eigenvalue weighted by Gasteiger charge is 2.57. The maximum atomic E-state index is 14.2. The number of carbonyl (C=O) groups is 3. The van der Waals surface area contributed by atoms with Gasteiger partial charge in [-0.25, -0.2) is 4.39 Å². The second-order valence-electron chi connectivity index (χ2n) is 10.7. The Morgan fingerprint density at radius 3 is 2.40 bits per heavy atom. The SMILES string of the molecule is COc1ccc(C2C(C(=O)c3ccccc3Cl)C(C)C(C(=O)NCc3ccc(F)cc3)N2C(=O)C2CC2)cc1[N+](=O)[O-]. The van der Waals surface area contributed by atoms with E-state index in [4.69, 9.17) is 16.3 Å². The average molecular weight is 594 g/mol. The molecular formula is C31H29ClFN3O6. The van der Waals surface area contributed by atoms with Crippen LogP contribution in [0.3, 0.4) is 0 Å². The highest BCUT2D eigenvalue weighted by atomic mass is 35.5. The molecule has 5 rings (SSSR count). The molecule has 1 N–H and O–H groups in total. The van der Waals surface area contributed by atoms with Gasteiger partial charge in [0.15, 0.2) is 11.5 Å². The van der Waals surface area contributed by atoms with Crippen molar-refractivity contribution in [3.8, 4) is 5.75 Å². The molecule has 0 aromatic heterocycles. The molecule has 3 aromatic rings. The van der Waals surface area contributed by atoms with E-state index in [1.54, 1.807) is 49.4 Å². The summed E-state index contributed by atoms with van der Waals surface area (Å²) in [4.78, 5) is 54.7. The molecule has 1 aliphatic heterocycles. The number of halogens is 2. The van der Waals surface area contributed by atoms with Gasteiger partial charge in [-0.3, -0.25) is 24.5 Å². The van der Waals surface area contributed by atoms with Gasteiger partial charge in [0.1, 0.15) is 11.9 Å². The maximum absolute atomic E-state index is 14.2. The third-order valence-corrected chi connectivity index (χ3v) is 8.35.